The Kier molecular flexibility index (Phi) is 9.29. The van der Waals surface area contributed by atoms with E-state index in [1.54, 1.807) is 12.1 Å². The van der Waals surface area contributed by atoms with E-state index in [9.17, 15) is 10.1 Å². The number of rotatable bonds is 8. The molecule has 2 aromatic carbocycles. The molecule has 35 heavy (non-hydrogen) atoms. The maximum Gasteiger partial charge on any atom is 0.316 e. The first-order chi connectivity index (χ1) is 17.0. The van der Waals surface area contributed by atoms with Crippen LogP contribution in [0.15, 0.2) is 40.9 Å². The number of nitrogens with one attached hydrogen (secondary N) is 1. The summed E-state index contributed by atoms with van der Waals surface area (Å²) in [6.07, 6.45) is 1.75. The molecule has 0 saturated heterocycles. The van der Waals surface area contributed by atoms with Gasteiger partial charge in [-0.25, -0.2) is 0 Å². The molecule has 1 atom stereocenters. The minimum absolute atomic E-state index is 0.0321. The van der Waals surface area contributed by atoms with Gasteiger partial charge < -0.3 is 14.0 Å². The highest BCUT2D eigenvalue weighted by atomic mass is 32.2. The monoisotopic (exact) mass is 494 g/mol. The summed E-state index contributed by atoms with van der Waals surface area (Å²) in [7, 11) is 1.38. The lowest BCUT2D eigenvalue weighted by Gasteiger charge is -2.13. The Morgan fingerprint density at radius 2 is 2.11 bits per heavy atom. The number of hydrogen-bond acceptors (Lipinski definition) is 9. The molecular weight excluding hydrogens is 464 g/mol. The fourth-order valence-electron chi connectivity index (χ4n) is 3.80. The number of ether oxygens (including phenoxy) is 2. The van der Waals surface area contributed by atoms with Crippen LogP contribution in [0.4, 0.5) is 0 Å². The molecule has 1 heterocycles. The van der Waals surface area contributed by atoms with Crippen molar-refractivity contribution < 1.29 is 18.8 Å². The van der Waals surface area contributed by atoms with Gasteiger partial charge in [-0.05, 0) is 56.0 Å². The van der Waals surface area contributed by atoms with E-state index in [1.165, 1.54) is 24.6 Å². The van der Waals surface area contributed by atoms with Crippen molar-refractivity contribution in [3.8, 4) is 34.7 Å². The van der Waals surface area contributed by atoms with Gasteiger partial charge >= 0.3 is 5.97 Å². The van der Waals surface area contributed by atoms with Crippen LogP contribution in [0.5, 0.6) is 5.75 Å². The topological polar surface area (TPSA) is 110 Å². The number of carbonyl (C=O) groups excluding carboxylic acids is 1. The zero-order valence-electron chi connectivity index (χ0n) is 20.6. The maximum absolute atomic E-state index is 11.4. The van der Waals surface area contributed by atoms with E-state index in [0.29, 0.717) is 28.6 Å². The molecule has 1 unspecified atom stereocenters. The van der Waals surface area contributed by atoms with E-state index in [2.05, 4.69) is 31.7 Å². The number of esters is 1. The van der Waals surface area contributed by atoms with Crippen LogP contribution in [-0.2, 0) is 16.0 Å². The van der Waals surface area contributed by atoms with Crippen molar-refractivity contribution in [3.63, 3.8) is 0 Å². The first-order valence-electron chi connectivity index (χ1n) is 11.6. The molecule has 1 aliphatic rings. The fourth-order valence-corrected chi connectivity index (χ4v) is 4.57. The van der Waals surface area contributed by atoms with E-state index in [0.717, 1.165) is 24.0 Å². The molecule has 0 saturated carbocycles. The van der Waals surface area contributed by atoms with E-state index >= 15 is 0 Å². The van der Waals surface area contributed by atoms with E-state index in [4.69, 9.17) is 9.26 Å². The van der Waals surface area contributed by atoms with Crippen molar-refractivity contribution in [3.05, 3.63) is 53.1 Å². The summed E-state index contributed by atoms with van der Waals surface area (Å²) in [5.41, 5.74) is 4.33. The fraction of sp³-hybridized carbons (Fsp3) is 0.385. The Morgan fingerprint density at radius 3 is 2.83 bits per heavy atom. The Hall–Kier alpha value is -3.35. The number of aromatic nitrogens is 2. The molecule has 184 valence electrons. The van der Waals surface area contributed by atoms with Gasteiger partial charge in [0.05, 0.1) is 18.8 Å². The quantitative estimate of drug-likeness (QED) is 0.321. The zero-order chi connectivity index (χ0) is 25.4. The van der Waals surface area contributed by atoms with Crippen molar-refractivity contribution in [1.29, 1.82) is 5.26 Å². The SMILES string of the molecule is CC.COC(=O)CSNC1CCc2c(-c3noc(-c4ccc(OC(C)C)c(C#N)c4)n3)cccc21. The van der Waals surface area contributed by atoms with Crippen LogP contribution in [0.2, 0.25) is 0 Å². The Bertz CT molecular complexity index is 1200. The lowest BCUT2D eigenvalue weighted by Crippen LogP contribution is -2.15. The number of fused-ring (bicyclic) bond motifs is 1. The largest absolute Gasteiger partial charge is 0.490 e. The van der Waals surface area contributed by atoms with Crippen LogP contribution in [0.3, 0.4) is 0 Å². The Morgan fingerprint density at radius 1 is 1.31 bits per heavy atom. The predicted octanol–water partition coefficient (Wildman–Crippen LogP) is 5.49. The minimum Gasteiger partial charge on any atom is -0.490 e. The van der Waals surface area contributed by atoms with Gasteiger partial charge in [0.15, 0.2) is 0 Å². The van der Waals surface area contributed by atoms with Gasteiger partial charge in [0, 0.05) is 17.2 Å². The van der Waals surface area contributed by atoms with Crippen LogP contribution in [-0.4, -0.2) is 35.1 Å². The molecule has 0 bridgehead atoms. The molecule has 0 amide bonds. The molecule has 3 aromatic rings. The Labute approximate surface area is 210 Å². The molecule has 1 aliphatic carbocycles. The molecule has 0 spiro atoms. The first kappa shape index (κ1) is 26.3. The summed E-state index contributed by atoms with van der Waals surface area (Å²) in [5.74, 6) is 1.37. The van der Waals surface area contributed by atoms with Gasteiger partial charge in [0.2, 0.25) is 5.82 Å². The van der Waals surface area contributed by atoms with Gasteiger partial charge in [-0.2, -0.15) is 10.2 Å². The van der Waals surface area contributed by atoms with Crippen LogP contribution < -0.4 is 9.46 Å². The highest BCUT2D eigenvalue weighted by Gasteiger charge is 2.27. The highest BCUT2D eigenvalue weighted by Crippen LogP contribution is 2.38. The third kappa shape index (κ3) is 6.21. The van der Waals surface area contributed by atoms with Crippen molar-refractivity contribution in [2.75, 3.05) is 12.9 Å². The third-order valence-corrected chi connectivity index (χ3v) is 6.12. The lowest BCUT2D eigenvalue weighted by atomic mass is 10.0. The van der Waals surface area contributed by atoms with Crippen molar-refractivity contribution in [2.45, 2.75) is 52.7 Å². The molecule has 1 aromatic heterocycles. The number of methoxy groups -OCH3 is 1. The van der Waals surface area contributed by atoms with Crippen LogP contribution in [0.25, 0.3) is 22.8 Å². The van der Waals surface area contributed by atoms with E-state index < -0.39 is 0 Å². The second-order valence-corrected chi connectivity index (χ2v) is 8.67. The average Bonchev–Trinajstić information content (AvgIpc) is 3.53. The van der Waals surface area contributed by atoms with E-state index in [-0.39, 0.29) is 23.9 Å². The molecule has 0 fully saturated rings. The van der Waals surface area contributed by atoms with Gasteiger partial charge in [-0.1, -0.05) is 49.2 Å². The molecular formula is C26H30N4O4S. The molecule has 1 N–H and O–H groups in total. The van der Waals surface area contributed by atoms with E-state index in [1.807, 2.05) is 45.9 Å². The maximum atomic E-state index is 11.4. The van der Waals surface area contributed by atoms with Crippen molar-refractivity contribution >= 4 is 17.9 Å². The number of nitrogens with zero attached hydrogens (tertiary/aromatic N) is 3. The first-order valence-corrected chi connectivity index (χ1v) is 12.6. The van der Waals surface area contributed by atoms with Crippen LogP contribution in [0, 0.1) is 11.3 Å². The summed E-state index contributed by atoms with van der Waals surface area (Å²) < 4.78 is 19.3. The number of carbonyl (C=O) groups is 1. The molecule has 4 rings (SSSR count). The molecule has 8 nitrogen and oxygen atoms in total. The summed E-state index contributed by atoms with van der Waals surface area (Å²) in [5, 5.41) is 13.7. The van der Waals surface area contributed by atoms with Crippen LogP contribution >= 0.6 is 11.9 Å². The smallest absolute Gasteiger partial charge is 0.316 e. The van der Waals surface area contributed by atoms with Gasteiger partial charge in [-0.15, -0.1) is 0 Å². The second-order valence-electron chi connectivity index (χ2n) is 7.86. The van der Waals surface area contributed by atoms with Gasteiger partial charge in [0.25, 0.3) is 5.89 Å². The summed E-state index contributed by atoms with van der Waals surface area (Å²) >= 11 is 1.35. The van der Waals surface area contributed by atoms with Gasteiger partial charge in [0.1, 0.15) is 17.6 Å². The second kappa shape index (κ2) is 12.4. The zero-order valence-corrected chi connectivity index (χ0v) is 21.4. The predicted molar refractivity (Wildman–Crippen MR) is 136 cm³/mol. The van der Waals surface area contributed by atoms with Crippen molar-refractivity contribution in [2.24, 2.45) is 0 Å². The highest BCUT2D eigenvalue weighted by molar-refractivity contribution is 7.98. The number of nitriles is 1. The van der Waals surface area contributed by atoms with Gasteiger partial charge in [-0.3, -0.25) is 9.52 Å². The minimum atomic E-state index is -0.262. The molecule has 0 aliphatic heterocycles. The molecule has 0 radical (unpaired) electrons. The standard InChI is InChI=1S/C24H24N4O4S.C2H6/c1-14(2)31-21-10-7-15(11-16(21)12-25)24-26-23(27-32-24)19-6-4-5-18-17(19)8-9-20(18)28-33-13-22(29)30-3;1-2/h4-7,10-11,14,20,28H,8-9,13H2,1-3H3;1-2H3. The number of benzene rings is 2. The lowest BCUT2D eigenvalue weighted by molar-refractivity contribution is -0.137. The Balaban J connectivity index is 0.00000167. The summed E-state index contributed by atoms with van der Waals surface area (Å²) in [4.78, 5) is 16.0. The molecule has 9 heteroatoms. The summed E-state index contributed by atoms with van der Waals surface area (Å²) in [6, 6.07) is 13.6. The van der Waals surface area contributed by atoms with Crippen molar-refractivity contribution in [1.82, 2.24) is 14.9 Å². The van der Waals surface area contributed by atoms with Crippen LogP contribution in [0.1, 0.15) is 56.8 Å². The normalized spacial score (nSPS) is 14.0. The number of hydrogen-bond donors (Lipinski definition) is 1. The summed E-state index contributed by atoms with van der Waals surface area (Å²) in [6.45, 7) is 7.82. The average molecular weight is 495 g/mol. The third-order valence-electron chi connectivity index (χ3n) is 5.29.